The van der Waals surface area contributed by atoms with Crippen molar-refractivity contribution >= 4 is 0 Å². The molecule has 0 atom stereocenters. The fourth-order valence-electron chi connectivity index (χ4n) is 0.544. The van der Waals surface area contributed by atoms with Crippen molar-refractivity contribution in [1.29, 1.82) is 0 Å². The molecule has 0 aromatic heterocycles. The first kappa shape index (κ1) is 5.44. The first-order valence-electron chi connectivity index (χ1n) is 2.59. The predicted octanol–water partition coefficient (Wildman–Crippen LogP) is 0.179. The van der Waals surface area contributed by atoms with E-state index >= 15 is 0 Å². The summed E-state index contributed by atoms with van der Waals surface area (Å²) in [4.78, 5) is 0. The molecule has 3 nitrogen and oxygen atoms in total. The smallest absolute Gasteiger partial charge is 0.240 e. The fraction of sp³-hybridized carbons (Fsp3) is 0.600. The van der Waals surface area contributed by atoms with E-state index in [4.69, 9.17) is 15.2 Å². The molecule has 8 heavy (non-hydrogen) atoms. The molecule has 46 valence electrons. The minimum Gasteiger partial charge on any atom is -0.459 e. The molecule has 0 radical (unpaired) electrons. The van der Waals surface area contributed by atoms with Crippen LogP contribution in [-0.2, 0) is 9.47 Å². The predicted molar refractivity (Wildman–Crippen MR) is 28.8 cm³/mol. The van der Waals surface area contributed by atoms with Crippen molar-refractivity contribution in [1.82, 2.24) is 0 Å². The monoisotopic (exact) mass is 115 g/mol. The van der Waals surface area contributed by atoms with E-state index in [-0.39, 0.29) is 6.29 Å². The first-order valence-corrected chi connectivity index (χ1v) is 2.59. The highest BCUT2D eigenvalue weighted by atomic mass is 16.7. The van der Waals surface area contributed by atoms with Crippen LogP contribution in [0.2, 0.25) is 0 Å². The lowest BCUT2D eigenvalue weighted by molar-refractivity contribution is -0.0258. The lowest BCUT2D eigenvalue weighted by Gasteiger charge is -2.06. The third-order valence-corrected chi connectivity index (χ3v) is 0.919. The Morgan fingerprint density at radius 2 is 2.00 bits per heavy atom. The van der Waals surface area contributed by atoms with Crippen LogP contribution in [0.25, 0.3) is 0 Å². The molecule has 1 aliphatic rings. The van der Waals surface area contributed by atoms with Crippen LogP contribution < -0.4 is 5.73 Å². The van der Waals surface area contributed by atoms with E-state index in [0.29, 0.717) is 6.54 Å². The molecule has 0 aromatic rings. The Kier molecular flexibility index (Phi) is 1.75. The van der Waals surface area contributed by atoms with E-state index in [1.165, 1.54) is 12.5 Å². The van der Waals surface area contributed by atoms with Crippen molar-refractivity contribution in [3.8, 4) is 0 Å². The summed E-state index contributed by atoms with van der Waals surface area (Å²) < 4.78 is 9.82. The van der Waals surface area contributed by atoms with E-state index in [0.717, 1.165) is 6.42 Å². The van der Waals surface area contributed by atoms with Gasteiger partial charge in [-0.2, -0.15) is 0 Å². The van der Waals surface area contributed by atoms with Crippen molar-refractivity contribution in [2.24, 2.45) is 5.73 Å². The summed E-state index contributed by atoms with van der Waals surface area (Å²) in [6.07, 6.45) is 3.69. The summed E-state index contributed by atoms with van der Waals surface area (Å²) in [5, 5.41) is 0. The zero-order valence-corrected chi connectivity index (χ0v) is 4.54. The number of hydrogen-bond donors (Lipinski definition) is 1. The Morgan fingerprint density at radius 3 is 2.50 bits per heavy atom. The molecule has 0 bridgehead atoms. The lowest BCUT2D eigenvalue weighted by atomic mass is 10.4. The van der Waals surface area contributed by atoms with Gasteiger partial charge in [0.25, 0.3) is 0 Å². The van der Waals surface area contributed by atoms with Crippen molar-refractivity contribution in [2.45, 2.75) is 12.7 Å². The summed E-state index contributed by atoms with van der Waals surface area (Å²) in [6.45, 7) is 0.604. The standard InChI is InChI=1S/C5H9NO2/c6-2-1-5-7-3-4-8-5/h3-5H,1-2,6H2. The Balaban J connectivity index is 2.10. The molecule has 0 aromatic carbocycles. The summed E-state index contributed by atoms with van der Waals surface area (Å²) in [5.41, 5.74) is 5.22. The van der Waals surface area contributed by atoms with Crippen LogP contribution in [-0.4, -0.2) is 12.8 Å². The van der Waals surface area contributed by atoms with Crippen molar-refractivity contribution in [3.63, 3.8) is 0 Å². The fourth-order valence-corrected chi connectivity index (χ4v) is 0.544. The van der Waals surface area contributed by atoms with Gasteiger partial charge in [0, 0.05) is 6.42 Å². The zero-order chi connectivity index (χ0) is 5.82. The summed E-state index contributed by atoms with van der Waals surface area (Å²) in [5.74, 6) is 0. The molecule has 0 saturated carbocycles. The van der Waals surface area contributed by atoms with Gasteiger partial charge in [0.15, 0.2) is 0 Å². The second-order valence-electron chi connectivity index (χ2n) is 1.55. The van der Waals surface area contributed by atoms with Crippen LogP contribution in [0.3, 0.4) is 0 Å². The number of nitrogens with two attached hydrogens (primary N) is 1. The molecule has 0 saturated heterocycles. The summed E-state index contributed by atoms with van der Waals surface area (Å²) in [7, 11) is 0. The molecule has 3 heteroatoms. The SMILES string of the molecule is NCCC1OC=CO1. The normalized spacial score (nSPS) is 18.1. The van der Waals surface area contributed by atoms with Gasteiger partial charge in [0.05, 0.1) is 0 Å². The van der Waals surface area contributed by atoms with Crippen molar-refractivity contribution in [3.05, 3.63) is 12.5 Å². The van der Waals surface area contributed by atoms with Crippen LogP contribution in [0, 0.1) is 0 Å². The average molecular weight is 115 g/mol. The largest absolute Gasteiger partial charge is 0.459 e. The van der Waals surface area contributed by atoms with Gasteiger partial charge in [0.1, 0.15) is 12.5 Å². The highest BCUT2D eigenvalue weighted by Gasteiger charge is 2.08. The molecular weight excluding hydrogens is 106 g/mol. The summed E-state index contributed by atoms with van der Waals surface area (Å²) >= 11 is 0. The molecule has 1 aliphatic heterocycles. The van der Waals surface area contributed by atoms with Crippen LogP contribution >= 0.6 is 0 Å². The highest BCUT2D eigenvalue weighted by Crippen LogP contribution is 2.06. The summed E-state index contributed by atoms with van der Waals surface area (Å²) in [6, 6.07) is 0. The maximum atomic E-state index is 5.22. The molecule has 0 spiro atoms. The Labute approximate surface area is 48.1 Å². The van der Waals surface area contributed by atoms with E-state index in [1.54, 1.807) is 0 Å². The minimum absolute atomic E-state index is 0.125. The molecular formula is C5H9NO2. The molecule has 1 heterocycles. The van der Waals surface area contributed by atoms with Crippen LogP contribution in [0.4, 0.5) is 0 Å². The second kappa shape index (κ2) is 2.57. The second-order valence-corrected chi connectivity index (χ2v) is 1.55. The third kappa shape index (κ3) is 1.13. The molecule has 1 rings (SSSR count). The van der Waals surface area contributed by atoms with Gasteiger partial charge in [-0.3, -0.25) is 0 Å². The van der Waals surface area contributed by atoms with E-state index in [9.17, 15) is 0 Å². The highest BCUT2D eigenvalue weighted by molar-refractivity contribution is 4.70. The maximum Gasteiger partial charge on any atom is 0.240 e. The lowest BCUT2D eigenvalue weighted by Crippen LogP contribution is -2.13. The molecule has 0 amide bonds. The Morgan fingerprint density at radius 1 is 1.38 bits per heavy atom. The third-order valence-electron chi connectivity index (χ3n) is 0.919. The molecule has 0 unspecified atom stereocenters. The first-order chi connectivity index (χ1) is 3.93. The van der Waals surface area contributed by atoms with E-state index in [2.05, 4.69) is 0 Å². The molecule has 2 N–H and O–H groups in total. The Bertz CT molecular complexity index is 84.4. The van der Waals surface area contributed by atoms with Crippen LogP contribution in [0.1, 0.15) is 6.42 Å². The van der Waals surface area contributed by atoms with Crippen LogP contribution in [0.15, 0.2) is 12.5 Å². The van der Waals surface area contributed by atoms with Crippen molar-refractivity contribution in [2.75, 3.05) is 6.54 Å². The van der Waals surface area contributed by atoms with Gasteiger partial charge in [-0.1, -0.05) is 0 Å². The topological polar surface area (TPSA) is 44.5 Å². The van der Waals surface area contributed by atoms with Gasteiger partial charge >= 0.3 is 0 Å². The van der Waals surface area contributed by atoms with E-state index in [1.807, 2.05) is 0 Å². The number of ether oxygens (including phenoxy) is 2. The quantitative estimate of drug-likeness (QED) is 0.558. The Hall–Kier alpha value is -0.700. The molecule has 0 fully saturated rings. The van der Waals surface area contributed by atoms with Gasteiger partial charge in [0.2, 0.25) is 6.29 Å². The van der Waals surface area contributed by atoms with Gasteiger partial charge in [-0.15, -0.1) is 0 Å². The average Bonchev–Trinajstić information content (AvgIpc) is 2.19. The van der Waals surface area contributed by atoms with E-state index < -0.39 is 0 Å². The molecule has 0 aliphatic carbocycles. The maximum absolute atomic E-state index is 5.22. The van der Waals surface area contributed by atoms with Gasteiger partial charge < -0.3 is 15.2 Å². The zero-order valence-electron chi connectivity index (χ0n) is 4.54. The van der Waals surface area contributed by atoms with Gasteiger partial charge in [-0.25, -0.2) is 0 Å². The number of rotatable bonds is 2. The minimum atomic E-state index is -0.125. The number of hydrogen-bond acceptors (Lipinski definition) is 3. The van der Waals surface area contributed by atoms with Crippen molar-refractivity contribution < 1.29 is 9.47 Å². The van der Waals surface area contributed by atoms with Crippen LogP contribution in [0.5, 0.6) is 0 Å². The van der Waals surface area contributed by atoms with Gasteiger partial charge in [-0.05, 0) is 6.54 Å².